The third-order valence-electron chi connectivity index (χ3n) is 5.92. The van der Waals surface area contributed by atoms with Gasteiger partial charge in [0.25, 0.3) is 6.43 Å². The number of carbonyl (C=O) groups is 1. The van der Waals surface area contributed by atoms with E-state index in [4.69, 9.17) is 5.73 Å². The predicted molar refractivity (Wildman–Crippen MR) is 137 cm³/mol. The van der Waals surface area contributed by atoms with Crippen molar-refractivity contribution >= 4 is 34.7 Å². The molecule has 10 nitrogen and oxygen atoms in total. The molecule has 1 fully saturated rings. The van der Waals surface area contributed by atoms with Crippen LogP contribution in [-0.4, -0.2) is 63.0 Å². The highest BCUT2D eigenvalue weighted by Gasteiger charge is 2.30. The van der Waals surface area contributed by atoms with E-state index < -0.39 is 13.0 Å². The first-order chi connectivity index (χ1) is 17.2. The number of aldehydes is 1. The first-order valence-corrected chi connectivity index (χ1v) is 11.7. The molecule has 5 rings (SSSR count). The molecule has 0 atom stereocenters. The van der Waals surface area contributed by atoms with Crippen molar-refractivity contribution in [2.24, 2.45) is 5.41 Å². The van der Waals surface area contributed by atoms with Crippen LogP contribution in [0.2, 0.25) is 0 Å². The lowest BCUT2D eigenvalue weighted by molar-refractivity contribution is -0.119. The number of imidazole rings is 1. The highest BCUT2D eigenvalue weighted by molar-refractivity contribution is 5.89. The minimum absolute atomic E-state index is 0.0833. The van der Waals surface area contributed by atoms with Gasteiger partial charge in [0.05, 0.1) is 12.2 Å². The minimum atomic E-state index is -2.49. The number of anilines is 2. The fourth-order valence-corrected chi connectivity index (χ4v) is 3.90. The van der Waals surface area contributed by atoms with Crippen LogP contribution >= 0.6 is 0 Å². The van der Waals surface area contributed by atoms with Crippen molar-refractivity contribution < 1.29 is 13.6 Å². The zero-order valence-corrected chi connectivity index (χ0v) is 21.2. The van der Waals surface area contributed by atoms with Crippen molar-refractivity contribution in [2.45, 2.75) is 46.1 Å². The SMILES string of the molecule is CC1(C=O)CCC1.CNC.CNc1nc(N)nn2ccc(-c3ccc4nc(C)n(CC(F)F)c4n3)c12. The average Bonchev–Trinajstić information content (AvgIpc) is 3.38. The largest absolute Gasteiger partial charge is 0.371 e. The summed E-state index contributed by atoms with van der Waals surface area (Å²) in [5.74, 6) is 1.19. The van der Waals surface area contributed by atoms with Gasteiger partial charge in [-0.15, -0.1) is 5.10 Å². The summed E-state index contributed by atoms with van der Waals surface area (Å²) in [6.07, 6.45) is 3.80. The van der Waals surface area contributed by atoms with Crippen molar-refractivity contribution in [1.29, 1.82) is 0 Å². The van der Waals surface area contributed by atoms with E-state index in [-0.39, 0.29) is 11.4 Å². The third kappa shape index (κ3) is 5.76. The summed E-state index contributed by atoms with van der Waals surface area (Å²) in [6.45, 7) is 3.26. The van der Waals surface area contributed by atoms with Crippen LogP contribution in [0, 0.1) is 12.3 Å². The molecule has 0 bridgehead atoms. The number of pyridine rings is 1. The summed E-state index contributed by atoms with van der Waals surface area (Å²) in [5.41, 5.74) is 8.86. The molecule has 0 spiro atoms. The number of aromatic nitrogens is 6. The molecule has 4 heterocycles. The second kappa shape index (κ2) is 11.4. The Hall–Kier alpha value is -3.67. The molecule has 1 saturated carbocycles. The Kier molecular flexibility index (Phi) is 8.51. The molecule has 0 amide bonds. The van der Waals surface area contributed by atoms with Crippen LogP contribution < -0.4 is 16.4 Å². The van der Waals surface area contributed by atoms with Gasteiger partial charge in [0.15, 0.2) is 11.5 Å². The van der Waals surface area contributed by atoms with Crippen molar-refractivity contribution in [2.75, 3.05) is 32.2 Å². The van der Waals surface area contributed by atoms with E-state index in [0.717, 1.165) is 24.7 Å². The summed E-state index contributed by atoms with van der Waals surface area (Å²) in [5, 5.41) is 9.89. The molecule has 1 aliphatic carbocycles. The normalized spacial score (nSPS) is 14.0. The van der Waals surface area contributed by atoms with Gasteiger partial charge in [-0.1, -0.05) is 13.3 Å². The number of halogens is 2. The molecule has 4 aromatic rings. The number of rotatable bonds is 5. The quantitative estimate of drug-likeness (QED) is 0.354. The molecule has 0 radical (unpaired) electrons. The summed E-state index contributed by atoms with van der Waals surface area (Å²) >= 11 is 0. The molecule has 12 heteroatoms. The van der Waals surface area contributed by atoms with Gasteiger partial charge in [0, 0.05) is 24.2 Å². The minimum Gasteiger partial charge on any atom is -0.371 e. The Labute approximate surface area is 208 Å². The van der Waals surface area contributed by atoms with Crippen LogP contribution in [0.4, 0.5) is 20.5 Å². The maximum Gasteiger partial charge on any atom is 0.256 e. The first-order valence-electron chi connectivity index (χ1n) is 11.7. The van der Waals surface area contributed by atoms with E-state index in [9.17, 15) is 13.6 Å². The van der Waals surface area contributed by atoms with E-state index in [1.807, 2.05) is 27.1 Å². The highest BCUT2D eigenvalue weighted by atomic mass is 19.3. The smallest absolute Gasteiger partial charge is 0.256 e. The molecule has 4 aromatic heterocycles. The van der Waals surface area contributed by atoms with Crippen LogP contribution in [0.3, 0.4) is 0 Å². The number of fused-ring (bicyclic) bond motifs is 2. The van der Waals surface area contributed by atoms with E-state index in [0.29, 0.717) is 34.0 Å². The van der Waals surface area contributed by atoms with Crippen molar-refractivity contribution in [1.82, 2.24) is 34.4 Å². The number of hydrogen-bond acceptors (Lipinski definition) is 8. The number of nitrogen functional groups attached to an aromatic ring is 1. The monoisotopic (exact) mass is 501 g/mol. The Balaban J connectivity index is 0.000000304. The number of carbonyl (C=O) groups excluding carboxylic acids is 1. The number of nitrogens with one attached hydrogen (secondary N) is 2. The first kappa shape index (κ1) is 26.9. The molecule has 4 N–H and O–H groups in total. The van der Waals surface area contributed by atoms with Crippen LogP contribution in [0.15, 0.2) is 24.4 Å². The average molecular weight is 502 g/mol. The third-order valence-corrected chi connectivity index (χ3v) is 5.92. The lowest BCUT2D eigenvalue weighted by Crippen LogP contribution is -2.26. The fraction of sp³-hybridized carbons (Fsp3) is 0.458. The molecular formula is C24H33F2N9O. The number of nitrogens with two attached hydrogens (primary N) is 1. The molecule has 194 valence electrons. The van der Waals surface area contributed by atoms with Crippen LogP contribution in [-0.2, 0) is 11.3 Å². The summed E-state index contributed by atoms with van der Waals surface area (Å²) in [7, 11) is 5.48. The maximum absolute atomic E-state index is 12.9. The van der Waals surface area contributed by atoms with Crippen LogP contribution in [0.25, 0.3) is 27.9 Å². The number of aryl methyl sites for hydroxylation is 1. The second-order valence-corrected chi connectivity index (χ2v) is 8.92. The molecule has 36 heavy (non-hydrogen) atoms. The van der Waals surface area contributed by atoms with Crippen LogP contribution in [0.5, 0.6) is 0 Å². The van der Waals surface area contributed by atoms with Crippen molar-refractivity contribution in [3.05, 3.63) is 30.2 Å². The number of alkyl halides is 2. The van der Waals surface area contributed by atoms with E-state index in [2.05, 4.69) is 30.7 Å². The van der Waals surface area contributed by atoms with Gasteiger partial charge >= 0.3 is 0 Å². The molecule has 0 aromatic carbocycles. The van der Waals surface area contributed by atoms with E-state index in [1.54, 1.807) is 36.8 Å². The molecular weight excluding hydrogens is 468 g/mol. The topological polar surface area (TPSA) is 128 Å². The summed E-state index contributed by atoms with van der Waals surface area (Å²) in [4.78, 5) is 23.2. The second-order valence-electron chi connectivity index (χ2n) is 8.92. The summed E-state index contributed by atoms with van der Waals surface area (Å²) in [6, 6.07) is 5.40. The van der Waals surface area contributed by atoms with Gasteiger partial charge in [-0.25, -0.2) is 23.3 Å². The molecule has 0 aliphatic heterocycles. The Morgan fingerprint density at radius 2 is 1.86 bits per heavy atom. The molecule has 1 aliphatic rings. The lowest BCUT2D eigenvalue weighted by atomic mass is 9.72. The Bertz CT molecular complexity index is 1330. The Morgan fingerprint density at radius 1 is 1.17 bits per heavy atom. The zero-order chi connectivity index (χ0) is 26.5. The van der Waals surface area contributed by atoms with Crippen molar-refractivity contribution in [3.8, 4) is 11.3 Å². The lowest BCUT2D eigenvalue weighted by Gasteiger charge is -2.31. The number of hydrogen-bond donors (Lipinski definition) is 3. The van der Waals surface area contributed by atoms with Gasteiger partial charge in [-0.2, -0.15) is 4.98 Å². The van der Waals surface area contributed by atoms with E-state index in [1.165, 1.54) is 11.0 Å². The summed E-state index contributed by atoms with van der Waals surface area (Å²) < 4.78 is 28.9. The van der Waals surface area contributed by atoms with Gasteiger partial charge in [0.2, 0.25) is 5.95 Å². The fourth-order valence-electron chi connectivity index (χ4n) is 3.90. The Morgan fingerprint density at radius 3 is 2.39 bits per heavy atom. The van der Waals surface area contributed by atoms with Crippen molar-refractivity contribution in [3.63, 3.8) is 0 Å². The van der Waals surface area contributed by atoms with Gasteiger partial charge in [-0.05, 0) is 52.1 Å². The molecule has 0 saturated heterocycles. The predicted octanol–water partition coefficient (Wildman–Crippen LogP) is 3.55. The van der Waals surface area contributed by atoms with Gasteiger partial charge in [-0.3, -0.25) is 0 Å². The van der Waals surface area contributed by atoms with Gasteiger partial charge in [0.1, 0.15) is 23.1 Å². The molecule has 0 unspecified atom stereocenters. The highest BCUT2D eigenvalue weighted by Crippen LogP contribution is 2.37. The standard InChI is InChI=1S/C16H16F2N8.C6H10O.C2H7N/c1-8-21-11-4-3-10(22-15(11)25(8)7-12(17)18)9-5-6-26-13(9)14(20-2)23-16(19)24-26;1-6(5-7)3-2-4-6;1-3-2/h3-6,12H,7H2,1-2H3,(H3,19,20,23,24);5H,2-4H2,1H3;3H,1-2H3. The van der Waals surface area contributed by atoms with Gasteiger partial charge < -0.3 is 25.7 Å². The van der Waals surface area contributed by atoms with E-state index >= 15 is 0 Å². The number of nitrogens with zero attached hydrogens (tertiary/aromatic N) is 6. The maximum atomic E-state index is 12.9. The zero-order valence-electron chi connectivity index (χ0n) is 21.2. The van der Waals surface area contributed by atoms with Crippen LogP contribution in [0.1, 0.15) is 32.0 Å².